The van der Waals surface area contributed by atoms with Gasteiger partial charge in [0.05, 0.1) is 6.10 Å². The molecule has 0 radical (unpaired) electrons. The number of para-hydroxylation sites is 1. The Morgan fingerprint density at radius 1 is 0.967 bits per heavy atom. The molecule has 1 aliphatic heterocycles. The second-order valence-corrected chi connectivity index (χ2v) is 8.32. The molecule has 0 saturated carbocycles. The highest BCUT2D eigenvalue weighted by atomic mass is 32.2. The summed E-state index contributed by atoms with van der Waals surface area (Å²) in [7, 11) is 0. The number of hydrogen-bond acceptors (Lipinski definition) is 6. The molecular formula is C23H27N5OS. The first kappa shape index (κ1) is 20.7. The summed E-state index contributed by atoms with van der Waals surface area (Å²) in [6.07, 6.45) is 3.51. The van der Waals surface area contributed by atoms with Crippen LogP contribution in [0, 0.1) is 0 Å². The zero-order chi connectivity index (χ0) is 20.6. The molecule has 2 N–H and O–H groups in total. The van der Waals surface area contributed by atoms with E-state index in [1.54, 1.807) is 0 Å². The third-order valence-corrected chi connectivity index (χ3v) is 6.08. The van der Waals surface area contributed by atoms with E-state index in [9.17, 15) is 5.11 Å². The minimum Gasteiger partial charge on any atom is -0.391 e. The minimum atomic E-state index is -0.403. The number of nitrogens with zero attached hydrogens (tertiary/aromatic N) is 4. The van der Waals surface area contributed by atoms with Gasteiger partial charge < -0.3 is 10.0 Å². The first-order valence-corrected chi connectivity index (χ1v) is 11.2. The molecule has 0 spiro atoms. The predicted molar refractivity (Wildman–Crippen MR) is 124 cm³/mol. The molecule has 2 aromatic carbocycles. The van der Waals surface area contributed by atoms with E-state index >= 15 is 0 Å². The fourth-order valence-electron chi connectivity index (χ4n) is 3.49. The summed E-state index contributed by atoms with van der Waals surface area (Å²) in [6, 6.07) is 20.6. The number of β-amino-alcohol motifs (C(OH)–C–C–N with tert-alkyl or cyclic N) is 1. The number of aromatic amines is 1. The Morgan fingerprint density at radius 3 is 2.40 bits per heavy atom. The van der Waals surface area contributed by atoms with Crippen LogP contribution < -0.4 is 4.90 Å². The molecule has 1 unspecified atom stereocenters. The van der Waals surface area contributed by atoms with E-state index in [1.165, 1.54) is 17.4 Å². The average molecular weight is 422 g/mol. The summed E-state index contributed by atoms with van der Waals surface area (Å²) in [6.45, 7) is 4.59. The topological polar surface area (TPSA) is 68.3 Å². The molecule has 6 nitrogen and oxygen atoms in total. The molecular weight excluding hydrogens is 394 g/mol. The number of benzene rings is 2. The number of aliphatic hydroxyl groups is 1. The second-order valence-electron chi connectivity index (χ2n) is 7.34. The molecule has 7 heteroatoms. The van der Waals surface area contributed by atoms with Crippen LogP contribution in [-0.4, -0.2) is 69.8 Å². The quantitative estimate of drug-likeness (QED) is 0.544. The number of thioether (sulfide) groups is 1. The summed E-state index contributed by atoms with van der Waals surface area (Å²) in [5.74, 6) is 1.30. The van der Waals surface area contributed by atoms with Gasteiger partial charge >= 0.3 is 0 Å². The van der Waals surface area contributed by atoms with Crippen LogP contribution in [0.4, 0.5) is 5.69 Å². The van der Waals surface area contributed by atoms with E-state index in [0.29, 0.717) is 23.3 Å². The molecule has 3 aromatic rings. The van der Waals surface area contributed by atoms with Crippen LogP contribution in [0.5, 0.6) is 0 Å². The van der Waals surface area contributed by atoms with Crippen LogP contribution in [0.15, 0.2) is 65.8 Å². The summed E-state index contributed by atoms with van der Waals surface area (Å²) in [5, 5.41) is 18.3. The summed E-state index contributed by atoms with van der Waals surface area (Å²) in [5.41, 5.74) is 2.39. The zero-order valence-corrected chi connectivity index (χ0v) is 17.7. The molecule has 0 aliphatic carbocycles. The van der Waals surface area contributed by atoms with Gasteiger partial charge in [-0.15, -0.1) is 5.10 Å². The Kier molecular flexibility index (Phi) is 7.18. The number of nitrogens with one attached hydrogen (secondary N) is 1. The molecule has 1 atom stereocenters. The Hall–Kier alpha value is -2.61. The number of aromatic nitrogens is 3. The van der Waals surface area contributed by atoms with E-state index in [2.05, 4.69) is 49.2 Å². The van der Waals surface area contributed by atoms with Gasteiger partial charge in [0.15, 0.2) is 0 Å². The Morgan fingerprint density at radius 2 is 1.67 bits per heavy atom. The van der Waals surface area contributed by atoms with Crippen molar-refractivity contribution in [3.05, 3.63) is 72.1 Å². The fraction of sp³-hybridized carbons (Fsp3) is 0.304. The van der Waals surface area contributed by atoms with Crippen molar-refractivity contribution in [3.63, 3.8) is 0 Å². The highest BCUT2D eigenvalue weighted by Gasteiger charge is 2.19. The smallest absolute Gasteiger partial charge is 0.208 e. The lowest BCUT2D eigenvalue weighted by Gasteiger charge is -2.36. The molecule has 156 valence electrons. The maximum atomic E-state index is 10.4. The highest BCUT2D eigenvalue weighted by molar-refractivity contribution is 7.99. The van der Waals surface area contributed by atoms with E-state index < -0.39 is 6.10 Å². The normalized spacial score (nSPS) is 16.2. The molecule has 4 rings (SSSR count). The van der Waals surface area contributed by atoms with Gasteiger partial charge in [0.2, 0.25) is 5.16 Å². The van der Waals surface area contributed by atoms with Crippen LogP contribution in [-0.2, 0) is 0 Å². The average Bonchev–Trinajstić information content (AvgIpc) is 3.26. The van der Waals surface area contributed by atoms with Crippen LogP contribution in [0.3, 0.4) is 0 Å². The Labute approximate surface area is 181 Å². The van der Waals surface area contributed by atoms with Crippen LogP contribution >= 0.6 is 11.8 Å². The van der Waals surface area contributed by atoms with Crippen molar-refractivity contribution >= 4 is 29.6 Å². The standard InChI is InChI=1S/C23H27N5OS/c29-21(17-27-13-15-28(16-14-27)20-9-5-2-6-10-20)18-30-23-24-22(25-26-23)12-11-19-7-3-1-4-8-19/h1-12,21,29H,13-18H2,(H,24,25,26)/b12-11+. The molecule has 0 bridgehead atoms. The fourth-order valence-corrected chi connectivity index (χ4v) is 4.21. The van der Waals surface area contributed by atoms with Crippen LogP contribution in [0.2, 0.25) is 0 Å². The maximum Gasteiger partial charge on any atom is 0.208 e. The van der Waals surface area contributed by atoms with Crippen molar-refractivity contribution in [1.29, 1.82) is 0 Å². The lowest BCUT2D eigenvalue weighted by atomic mass is 10.2. The molecule has 2 heterocycles. The first-order chi connectivity index (χ1) is 14.8. The predicted octanol–water partition coefficient (Wildman–Crippen LogP) is 3.25. The van der Waals surface area contributed by atoms with Gasteiger partial charge in [0, 0.05) is 44.2 Å². The van der Waals surface area contributed by atoms with E-state index in [0.717, 1.165) is 31.7 Å². The van der Waals surface area contributed by atoms with Crippen molar-refractivity contribution in [2.45, 2.75) is 11.3 Å². The maximum absolute atomic E-state index is 10.4. The second kappa shape index (κ2) is 10.4. The van der Waals surface area contributed by atoms with Gasteiger partial charge in [-0.05, 0) is 23.8 Å². The molecule has 1 fully saturated rings. The van der Waals surface area contributed by atoms with Crippen LogP contribution in [0.1, 0.15) is 11.4 Å². The van der Waals surface area contributed by atoms with Gasteiger partial charge in [0.25, 0.3) is 0 Å². The number of anilines is 1. The molecule has 1 aromatic heterocycles. The van der Waals surface area contributed by atoms with Crippen molar-refractivity contribution in [2.75, 3.05) is 43.4 Å². The Bertz CT molecular complexity index is 923. The third kappa shape index (κ3) is 5.95. The van der Waals surface area contributed by atoms with Gasteiger partial charge in [-0.1, -0.05) is 66.4 Å². The highest BCUT2D eigenvalue weighted by Crippen LogP contribution is 2.18. The minimum absolute atomic E-state index is 0.403. The molecule has 1 aliphatic rings. The monoisotopic (exact) mass is 421 g/mol. The van der Waals surface area contributed by atoms with E-state index in [1.807, 2.05) is 48.6 Å². The Balaban J connectivity index is 1.19. The lowest BCUT2D eigenvalue weighted by Crippen LogP contribution is -2.48. The summed E-state index contributed by atoms with van der Waals surface area (Å²) < 4.78 is 0. The number of aliphatic hydroxyl groups excluding tert-OH is 1. The van der Waals surface area contributed by atoms with Crippen molar-refractivity contribution in [2.24, 2.45) is 0 Å². The molecule has 30 heavy (non-hydrogen) atoms. The van der Waals surface area contributed by atoms with Gasteiger partial charge in [0.1, 0.15) is 5.82 Å². The number of rotatable bonds is 8. The molecule has 1 saturated heterocycles. The number of H-pyrrole nitrogens is 1. The summed E-state index contributed by atoms with van der Waals surface area (Å²) >= 11 is 1.48. The molecule has 0 amide bonds. The first-order valence-electron chi connectivity index (χ1n) is 10.2. The van der Waals surface area contributed by atoms with Gasteiger partial charge in [-0.2, -0.15) is 0 Å². The van der Waals surface area contributed by atoms with E-state index in [4.69, 9.17) is 0 Å². The SMILES string of the molecule is OC(CSc1n[nH]c(/C=C/c2ccccc2)n1)CN1CCN(c2ccccc2)CC1. The van der Waals surface area contributed by atoms with Crippen molar-refractivity contribution in [3.8, 4) is 0 Å². The third-order valence-electron chi connectivity index (χ3n) is 5.08. The van der Waals surface area contributed by atoms with Crippen molar-refractivity contribution < 1.29 is 5.11 Å². The largest absolute Gasteiger partial charge is 0.391 e. The van der Waals surface area contributed by atoms with E-state index in [-0.39, 0.29) is 0 Å². The van der Waals surface area contributed by atoms with Crippen LogP contribution in [0.25, 0.3) is 12.2 Å². The van der Waals surface area contributed by atoms with Crippen molar-refractivity contribution in [1.82, 2.24) is 20.1 Å². The van der Waals surface area contributed by atoms with Gasteiger partial charge in [-0.3, -0.25) is 10.00 Å². The van der Waals surface area contributed by atoms with Gasteiger partial charge in [-0.25, -0.2) is 4.98 Å². The lowest BCUT2D eigenvalue weighted by molar-refractivity contribution is 0.126. The summed E-state index contributed by atoms with van der Waals surface area (Å²) in [4.78, 5) is 9.19. The number of hydrogen-bond donors (Lipinski definition) is 2. The number of piperazine rings is 1. The zero-order valence-electron chi connectivity index (χ0n) is 16.9.